The first kappa shape index (κ1) is 10.9. The third-order valence-electron chi connectivity index (χ3n) is 4.18. The lowest BCUT2D eigenvalue weighted by Crippen LogP contribution is -2.38. The molecule has 2 aliphatic heterocycles. The summed E-state index contributed by atoms with van der Waals surface area (Å²) in [6.45, 7) is 4.73. The quantitative estimate of drug-likeness (QED) is 0.795. The number of hydrogen-bond acceptors (Lipinski definition) is 2. The van der Waals surface area contributed by atoms with E-state index in [-0.39, 0.29) is 0 Å². The average Bonchev–Trinajstić information content (AvgIpc) is 2.39. The van der Waals surface area contributed by atoms with Crippen LogP contribution in [0.4, 0.5) is 11.4 Å². The van der Waals surface area contributed by atoms with Gasteiger partial charge in [0.05, 0.1) is 0 Å². The van der Waals surface area contributed by atoms with E-state index in [0.717, 1.165) is 6.54 Å². The number of nitrogens with one attached hydrogen (secondary N) is 1. The first-order chi connectivity index (χ1) is 8.36. The second kappa shape index (κ2) is 4.59. The van der Waals surface area contributed by atoms with Crippen LogP contribution in [0.15, 0.2) is 18.2 Å². The van der Waals surface area contributed by atoms with Crippen LogP contribution in [0.25, 0.3) is 0 Å². The van der Waals surface area contributed by atoms with Crippen molar-refractivity contribution in [1.29, 1.82) is 0 Å². The maximum Gasteiger partial charge on any atom is 0.0421 e. The Balaban J connectivity index is 1.96. The highest BCUT2D eigenvalue weighted by Crippen LogP contribution is 2.34. The van der Waals surface area contributed by atoms with Crippen LogP contribution in [-0.4, -0.2) is 19.1 Å². The Kier molecular flexibility index (Phi) is 2.96. The van der Waals surface area contributed by atoms with Crippen molar-refractivity contribution in [2.45, 2.75) is 45.1 Å². The molecule has 1 aromatic rings. The fourth-order valence-electron chi connectivity index (χ4n) is 3.22. The number of benzene rings is 1. The van der Waals surface area contributed by atoms with E-state index in [1.165, 1.54) is 50.0 Å². The van der Waals surface area contributed by atoms with Crippen molar-refractivity contribution in [3.8, 4) is 0 Å². The van der Waals surface area contributed by atoms with E-state index in [1.807, 2.05) is 0 Å². The van der Waals surface area contributed by atoms with E-state index >= 15 is 0 Å². The van der Waals surface area contributed by atoms with Crippen LogP contribution in [-0.2, 0) is 6.42 Å². The zero-order chi connectivity index (χ0) is 11.7. The molecule has 0 amide bonds. The van der Waals surface area contributed by atoms with E-state index in [1.54, 1.807) is 5.56 Å². The highest BCUT2D eigenvalue weighted by atomic mass is 15.2. The predicted molar refractivity (Wildman–Crippen MR) is 73.9 cm³/mol. The molecule has 1 aromatic carbocycles. The Hall–Kier alpha value is -1.18. The van der Waals surface area contributed by atoms with Crippen LogP contribution in [0.2, 0.25) is 0 Å². The summed E-state index contributed by atoms with van der Waals surface area (Å²) in [5, 5.41) is 3.53. The molecule has 0 aliphatic carbocycles. The van der Waals surface area contributed by atoms with Crippen LogP contribution in [0.5, 0.6) is 0 Å². The van der Waals surface area contributed by atoms with E-state index in [4.69, 9.17) is 0 Å². The molecule has 2 heterocycles. The highest BCUT2D eigenvalue weighted by molar-refractivity contribution is 5.68. The van der Waals surface area contributed by atoms with Gasteiger partial charge in [0.15, 0.2) is 0 Å². The predicted octanol–water partition coefficient (Wildman–Crippen LogP) is 3.42. The maximum absolute atomic E-state index is 3.53. The van der Waals surface area contributed by atoms with Gasteiger partial charge in [-0.15, -0.1) is 0 Å². The summed E-state index contributed by atoms with van der Waals surface area (Å²) in [7, 11) is 0. The molecule has 0 spiro atoms. The van der Waals surface area contributed by atoms with Gasteiger partial charge in [0.2, 0.25) is 0 Å². The Morgan fingerprint density at radius 1 is 1.24 bits per heavy atom. The van der Waals surface area contributed by atoms with Gasteiger partial charge in [-0.1, -0.05) is 6.07 Å². The van der Waals surface area contributed by atoms with Gasteiger partial charge in [0.25, 0.3) is 0 Å². The third-order valence-corrected chi connectivity index (χ3v) is 4.18. The first-order valence-corrected chi connectivity index (χ1v) is 6.98. The van der Waals surface area contributed by atoms with E-state index in [2.05, 4.69) is 35.3 Å². The Labute approximate surface area is 104 Å². The van der Waals surface area contributed by atoms with Gasteiger partial charge in [-0.25, -0.2) is 0 Å². The van der Waals surface area contributed by atoms with Gasteiger partial charge >= 0.3 is 0 Å². The largest absolute Gasteiger partial charge is 0.385 e. The molecule has 17 heavy (non-hydrogen) atoms. The van der Waals surface area contributed by atoms with E-state index in [9.17, 15) is 0 Å². The van der Waals surface area contributed by atoms with E-state index in [0.29, 0.717) is 6.04 Å². The number of piperidine rings is 1. The van der Waals surface area contributed by atoms with Crippen LogP contribution in [0.3, 0.4) is 0 Å². The zero-order valence-electron chi connectivity index (χ0n) is 10.7. The summed E-state index contributed by atoms with van der Waals surface area (Å²) in [5.74, 6) is 0. The minimum atomic E-state index is 0.706. The van der Waals surface area contributed by atoms with Crippen molar-refractivity contribution in [2.24, 2.45) is 0 Å². The number of anilines is 2. The SMILES string of the molecule is CC1CCCCN1c1cccc2c1CCCN2. The van der Waals surface area contributed by atoms with Crippen LogP contribution in [0.1, 0.15) is 38.2 Å². The van der Waals surface area contributed by atoms with Gasteiger partial charge in [0.1, 0.15) is 0 Å². The number of fused-ring (bicyclic) bond motifs is 1. The van der Waals surface area contributed by atoms with Crippen molar-refractivity contribution < 1.29 is 0 Å². The van der Waals surface area contributed by atoms with Crippen molar-refractivity contribution in [1.82, 2.24) is 0 Å². The van der Waals surface area contributed by atoms with Gasteiger partial charge in [-0.3, -0.25) is 0 Å². The second-order valence-corrected chi connectivity index (χ2v) is 5.37. The normalized spacial score (nSPS) is 24.1. The Morgan fingerprint density at radius 2 is 2.18 bits per heavy atom. The lowest BCUT2D eigenvalue weighted by atomic mass is 9.97. The maximum atomic E-state index is 3.53. The molecule has 0 bridgehead atoms. The van der Waals surface area contributed by atoms with Crippen molar-refractivity contribution in [3.63, 3.8) is 0 Å². The molecule has 92 valence electrons. The number of nitrogens with zero attached hydrogens (tertiary/aromatic N) is 1. The summed E-state index contributed by atoms with van der Waals surface area (Å²) in [6.07, 6.45) is 6.59. The molecule has 0 aromatic heterocycles. The second-order valence-electron chi connectivity index (χ2n) is 5.37. The molecule has 2 aliphatic rings. The van der Waals surface area contributed by atoms with Crippen molar-refractivity contribution in [3.05, 3.63) is 23.8 Å². The lowest BCUT2D eigenvalue weighted by molar-refractivity contribution is 0.483. The minimum Gasteiger partial charge on any atom is -0.385 e. The molecule has 2 nitrogen and oxygen atoms in total. The monoisotopic (exact) mass is 230 g/mol. The molecule has 0 saturated carbocycles. The Morgan fingerprint density at radius 3 is 3.06 bits per heavy atom. The van der Waals surface area contributed by atoms with Gasteiger partial charge in [-0.2, -0.15) is 0 Å². The van der Waals surface area contributed by atoms with Gasteiger partial charge < -0.3 is 10.2 Å². The Bertz CT molecular complexity index is 400. The molecule has 2 heteroatoms. The summed E-state index contributed by atoms with van der Waals surface area (Å²) >= 11 is 0. The summed E-state index contributed by atoms with van der Waals surface area (Å²) < 4.78 is 0. The smallest absolute Gasteiger partial charge is 0.0421 e. The standard InChI is InChI=1S/C15H22N2/c1-12-6-2-3-11-17(12)15-9-4-8-14-13(15)7-5-10-16-14/h4,8-9,12,16H,2-3,5-7,10-11H2,1H3. The molecule has 1 N–H and O–H groups in total. The number of rotatable bonds is 1. The average molecular weight is 230 g/mol. The molecular weight excluding hydrogens is 208 g/mol. The first-order valence-electron chi connectivity index (χ1n) is 6.98. The zero-order valence-corrected chi connectivity index (χ0v) is 10.7. The molecule has 3 rings (SSSR count). The molecule has 1 atom stereocenters. The molecule has 1 saturated heterocycles. The topological polar surface area (TPSA) is 15.3 Å². The third kappa shape index (κ3) is 2.01. The van der Waals surface area contributed by atoms with Crippen LogP contribution in [0, 0.1) is 0 Å². The van der Waals surface area contributed by atoms with E-state index < -0.39 is 0 Å². The minimum absolute atomic E-state index is 0.706. The molecule has 1 fully saturated rings. The summed E-state index contributed by atoms with van der Waals surface area (Å²) in [4.78, 5) is 2.62. The fraction of sp³-hybridized carbons (Fsp3) is 0.600. The number of hydrogen-bond donors (Lipinski definition) is 1. The van der Waals surface area contributed by atoms with Gasteiger partial charge in [0, 0.05) is 30.5 Å². The lowest BCUT2D eigenvalue weighted by Gasteiger charge is -2.38. The molecular formula is C15H22N2. The molecule has 1 unspecified atom stereocenters. The van der Waals surface area contributed by atoms with Crippen LogP contribution < -0.4 is 10.2 Å². The van der Waals surface area contributed by atoms with Crippen molar-refractivity contribution in [2.75, 3.05) is 23.3 Å². The fourth-order valence-corrected chi connectivity index (χ4v) is 3.22. The summed E-state index contributed by atoms with van der Waals surface area (Å²) in [5.41, 5.74) is 4.40. The van der Waals surface area contributed by atoms with Gasteiger partial charge in [-0.05, 0) is 56.7 Å². The van der Waals surface area contributed by atoms with Crippen LogP contribution >= 0.6 is 0 Å². The highest BCUT2D eigenvalue weighted by Gasteiger charge is 2.22. The summed E-state index contributed by atoms with van der Waals surface area (Å²) in [6, 6.07) is 7.45. The van der Waals surface area contributed by atoms with Crippen molar-refractivity contribution >= 4 is 11.4 Å². The molecule has 0 radical (unpaired) electrons.